The Labute approximate surface area is 278 Å². The van der Waals surface area contributed by atoms with Crippen LogP contribution in [0, 0.1) is 0 Å². The maximum Gasteiger partial charge on any atom is 0.135 e. The Morgan fingerprint density at radius 1 is 0.438 bits per heavy atom. The van der Waals surface area contributed by atoms with Crippen molar-refractivity contribution in [2.24, 2.45) is 0 Å². The van der Waals surface area contributed by atoms with E-state index in [1.54, 1.807) is 0 Å². The van der Waals surface area contributed by atoms with Gasteiger partial charge in [0.1, 0.15) is 11.2 Å². The minimum atomic E-state index is -0.196. The number of aromatic nitrogens is 1. The van der Waals surface area contributed by atoms with Gasteiger partial charge in [0.15, 0.2) is 0 Å². The van der Waals surface area contributed by atoms with Gasteiger partial charge in [0.2, 0.25) is 0 Å². The van der Waals surface area contributed by atoms with Gasteiger partial charge in [0.05, 0.1) is 22.4 Å². The van der Waals surface area contributed by atoms with Crippen LogP contribution in [0.25, 0.3) is 60.6 Å². The zero-order chi connectivity index (χ0) is 32.0. The summed E-state index contributed by atoms with van der Waals surface area (Å²) in [5.74, 6) is 0. The van der Waals surface area contributed by atoms with Gasteiger partial charge >= 0.3 is 0 Å². The van der Waals surface area contributed by atoms with Gasteiger partial charge in [-0.25, -0.2) is 0 Å². The lowest BCUT2D eigenvalue weighted by Gasteiger charge is -2.42. The van der Waals surface area contributed by atoms with Crippen LogP contribution in [0.2, 0.25) is 0 Å². The van der Waals surface area contributed by atoms with Crippen LogP contribution >= 0.6 is 0 Å². The zero-order valence-electron chi connectivity index (χ0n) is 26.8. The highest BCUT2D eigenvalue weighted by molar-refractivity contribution is 6.11. The smallest absolute Gasteiger partial charge is 0.135 e. The molecular formula is C45H32N2O. The van der Waals surface area contributed by atoms with Crippen LogP contribution in [-0.2, 0) is 5.41 Å². The number of para-hydroxylation sites is 4. The first kappa shape index (κ1) is 27.1. The Bertz CT molecular complexity index is 2710. The second kappa shape index (κ2) is 9.97. The molecule has 48 heavy (non-hydrogen) atoms. The molecule has 1 aliphatic heterocycles. The molecule has 3 heterocycles. The van der Waals surface area contributed by atoms with E-state index in [0.717, 1.165) is 27.6 Å². The Morgan fingerprint density at radius 3 is 2.00 bits per heavy atom. The minimum Gasteiger partial charge on any atom is -0.456 e. The van der Waals surface area contributed by atoms with Crippen molar-refractivity contribution in [3.63, 3.8) is 0 Å². The van der Waals surface area contributed by atoms with Gasteiger partial charge < -0.3 is 13.9 Å². The number of hydrogen-bond donors (Lipinski definition) is 0. The van der Waals surface area contributed by atoms with Gasteiger partial charge in [0, 0.05) is 38.3 Å². The summed E-state index contributed by atoms with van der Waals surface area (Å²) in [5.41, 5.74) is 13.8. The van der Waals surface area contributed by atoms with Crippen LogP contribution in [0.5, 0.6) is 0 Å². The number of anilines is 3. The van der Waals surface area contributed by atoms with Crippen molar-refractivity contribution >= 4 is 60.8 Å². The standard InChI is InChI=1S/C45H32N2O/c1-45(2)37-16-8-10-18-41(37)47(32-22-25-44-36(28-32)34-15-7-11-19-43(34)48-44)42-24-21-30(27-38(42)45)29-20-23-40-35(26-29)33-14-6-9-17-39(33)46(40)31-12-4-3-5-13-31/h3-28H,1-2H3. The summed E-state index contributed by atoms with van der Waals surface area (Å²) in [7, 11) is 0. The van der Waals surface area contributed by atoms with E-state index in [1.165, 1.54) is 61.1 Å². The van der Waals surface area contributed by atoms with Crippen molar-refractivity contribution in [1.82, 2.24) is 4.57 Å². The second-order valence-corrected chi connectivity index (χ2v) is 13.4. The van der Waals surface area contributed by atoms with E-state index in [4.69, 9.17) is 4.42 Å². The summed E-state index contributed by atoms with van der Waals surface area (Å²) in [4.78, 5) is 2.43. The van der Waals surface area contributed by atoms with Crippen LogP contribution in [0.3, 0.4) is 0 Å². The largest absolute Gasteiger partial charge is 0.456 e. The van der Waals surface area contributed by atoms with Gasteiger partial charge in [0.25, 0.3) is 0 Å². The molecule has 0 N–H and O–H groups in total. The average molecular weight is 617 g/mol. The molecule has 0 saturated carbocycles. The fourth-order valence-corrected chi connectivity index (χ4v) is 8.02. The summed E-state index contributed by atoms with van der Waals surface area (Å²) in [5, 5.41) is 4.79. The SMILES string of the molecule is CC1(C)c2ccccc2N(c2ccc3oc4ccccc4c3c2)c2ccc(-c3ccc4c(c3)c3ccccc3n4-c3ccccc3)cc21. The quantitative estimate of drug-likeness (QED) is 0.197. The molecule has 0 aliphatic carbocycles. The number of hydrogen-bond acceptors (Lipinski definition) is 2. The Balaban J connectivity index is 1.16. The Hall–Kier alpha value is -6.06. The molecule has 2 aromatic heterocycles. The molecule has 228 valence electrons. The highest BCUT2D eigenvalue weighted by atomic mass is 16.3. The number of nitrogens with zero attached hydrogens (tertiary/aromatic N) is 2. The van der Waals surface area contributed by atoms with E-state index in [1.807, 2.05) is 12.1 Å². The molecule has 10 rings (SSSR count). The molecule has 0 radical (unpaired) electrons. The molecule has 0 bridgehead atoms. The van der Waals surface area contributed by atoms with Crippen molar-refractivity contribution in [3.8, 4) is 16.8 Å². The monoisotopic (exact) mass is 616 g/mol. The summed E-state index contributed by atoms with van der Waals surface area (Å²) in [6.07, 6.45) is 0. The van der Waals surface area contributed by atoms with Crippen LogP contribution in [0.1, 0.15) is 25.0 Å². The van der Waals surface area contributed by atoms with Gasteiger partial charge in [-0.05, 0) is 95.1 Å². The maximum atomic E-state index is 6.20. The first-order valence-corrected chi connectivity index (χ1v) is 16.6. The molecule has 7 aromatic carbocycles. The normalized spacial score (nSPS) is 13.8. The van der Waals surface area contributed by atoms with Crippen molar-refractivity contribution < 1.29 is 4.42 Å². The summed E-state index contributed by atoms with van der Waals surface area (Å²) in [6.45, 7) is 4.71. The molecule has 1 aliphatic rings. The van der Waals surface area contributed by atoms with E-state index >= 15 is 0 Å². The van der Waals surface area contributed by atoms with E-state index in [-0.39, 0.29) is 5.41 Å². The third kappa shape index (κ3) is 3.82. The van der Waals surface area contributed by atoms with Gasteiger partial charge in [-0.3, -0.25) is 0 Å². The molecule has 3 heteroatoms. The van der Waals surface area contributed by atoms with E-state index in [0.29, 0.717) is 0 Å². The summed E-state index contributed by atoms with van der Waals surface area (Å²) >= 11 is 0. The average Bonchev–Trinajstić information content (AvgIpc) is 3.67. The van der Waals surface area contributed by atoms with Crippen molar-refractivity contribution in [1.29, 1.82) is 0 Å². The lowest BCUT2D eigenvalue weighted by molar-refractivity contribution is 0.632. The van der Waals surface area contributed by atoms with Crippen molar-refractivity contribution in [2.45, 2.75) is 19.3 Å². The van der Waals surface area contributed by atoms with Crippen LogP contribution < -0.4 is 4.90 Å². The predicted molar refractivity (Wildman–Crippen MR) is 200 cm³/mol. The van der Waals surface area contributed by atoms with Crippen LogP contribution in [0.4, 0.5) is 17.1 Å². The third-order valence-electron chi connectivity index (χ3n) is 10.4. The number of furan rings is 1. The maximum absolute atomic E-state index is 6.20. The highest BCUT2D eigenvalue weighted by Crippen LogP contribution is 2.53. The van der Waals surface area contributed by atoms with E-state index < -0.39 is 0 Å². The topological polar surface area (TPSA) is 21.3 Å². The molecule has 0 spiro atoms. The molecule has 0 atom stereocenters. The molecule has 0 amide bonds. The first-order valence-electron chi connectivity index (χ1n) is 16.6. The Kier molecular flexibility index (Phi) is 5.63. The van der Waals surface area contributed by atoms with Gasteiger partial charge in [-0.15, -0.1) is 0 Å². The van der Waals surface area contributed by atoms with Crippen LogP contribution in [0.15, 0.2) is 162 Å². The van der Waals surface area contributed by atoms with E-state index in [2.05, 4.69) is 169 Å². The third-order valence-corrected chi connectivity index (χ3v) is 10.4. The minimum absolute atomic E-state index is 0.196. The molecule has 9 aromatic rings. The number of benzene rings is 7. The fourth-order valence-electron chi connectivity index (χ4n) is 8.02. The molecular weight excluding hydrogens is 585 g/mol. The van der Waals surface area contributed by atoms with Crippen molar-refractivity contribution in [3.05, 3.63) is 169 Å². The van der Waals surface area contributed by atoms with Crippen LogP contribution in [-0.4, -0.2) is 4.57 Å². The van der Waals surface area contributed by atoms with E-state index in [9.17, 15) is 0 Å². The molecule has 0 unspecified atom stereocenters. The van der Waals surface area contributed by atoms with Crippen molar-refractivity contribution in [2.75, 3.05) is 4.90 Å². The number of rotatable bonds is 3. The molecule has 0 fully saturated rings. The van der Waals surface area contributed by atoms with Gasteiger partial charge in [-0.2, -0.15) is 0 Å². The summed E-state index contributed by atoms with van der Waals surface area (Å²) < 4.78 is 8.57. The second-order valence-electron chi connectivity index (χ2n) is 13.4. The predicted octanol–water partition coefficient (Wildman–Crippen LogP) is 12.5. The van der Waals surface area contributed by atoms with Gasteiger partial charge in [-0.1, -0.05) is 98.8 Å². The highest BCUT2D eigenvalue weighted by Gasteiger charge is 2.37. The lowest BCUT2D eigenvalue weighted by Crippen LogP contribution is -2.30. The zero-order valence-corrected chi connectivity index (χ0v) is 26.8. The lowest BCUT2D eigenvalue weighted by atomic mass is 9.73. The Morgan fingerprint density at radius 2 is 1.10 bits per heavy atom. The summed E-state index contributed by atoms with van der Waals surface area (Å²) in [6, 6.07) is 57.1. The fraction of sp³-hybridized carbons (Fsp3) is 0.0667. The number of fused-ring (bicyclic) bond motifs is 8. The first-order chi connectivity index (χ1) is 23.6. The molecule has 3 nitrogen and oxygen atoms in total. The molecule has 0 saturated heterocycles.